The Morgan fingerprint density at radius 1 is 1.17 bits per heavy atom. The molecule has 0 aliphatic carbocycles. The van der Waals surface area contributed by atoms with Crippen LogP contribution in [0.15, 0.2) is 58.4 Å². The summed E-state index contributed by atoms with van der Waals surface area (Å²) in [7, 11) is -3.71. The highest BCUT2D eigenvalue weighted by Gasteiger charge is 2.18. The van der Waals surface area contributed by atoms with E-state index >= 15 is 0 Å². The van der Waals surface area contributed by atoms with Gasteiger partial charge in [0.05, 0.1) is 11.5 Å². The zero-order valence-corrected chi connectivity index (χ0v) is 17.2. The number of carbonyl (C=O) groups excluding carboxylic acids is 1. The van der Waals surface area contributed by atoms with Gasteiger partial charge >= 0.3 is 0 Å². The molecule has 1 amide bonds. The molecule has 7 nitrogen and oxygen atoms in total. The smallest absolute Gasteiger partial charge is 0.262 e. The Bertz CT molecular complexity index is 1000. The largest absolute Gasteiger partial charge is 0.494 e. The van der Waals surface area contributed by atoms with E-state index < -0.39 is 10.0 Å². The van der Waals surface area contributed by atoms with Crippen LogP contribution >= 0.6 is 0 Å². The lowest BCUT2D eigenvalue weighted by molar-refractivity contribution is -0.116. The average Bonchev–Trinajstić information content (AvgIpc) is 3.18. The average molecular weight is 416 g/mol. The summed E-state index contributed by atoms with van der Waals surface area (Å²) < 4.78 is 33.1. The molecule has 1 aliphatic heterocycles. The van der Waals surface area contributed by atoms with Gasteiger partial charge in [-0.25, -0.2) is 8.42 Å². The topological polar surface area (TPSA) is 96.9 Å². The van der Waals surface area contributed by atoms with Gasteiger partial charge in [0.2, 0.25) is 5.91 Å². The maximum atomic E-state index is 12.5. The number of rotatable bonds is 8. The van der Waals surface area contributed by atoms with E-state index in [4.69, 9.17) is 4.74 Å². The van der Waals surface area contributed by atoms with Gasteiger partial charge in [0.15, 0.2) is 0 Å². The summed E-state index contributed by atoms with van der Waals surface area (Å²) in [6.45, 7) is 3.06. The first kappa shape index (κ1) is 20.9. The number of benzene rings is 2. The second kappa shape index (κ2) is 9.56. The zero-order chi connectivity index (χ0) is 20.7. The summed E-state index contributed by atoms with van der Waals surface area (Å²) in [4.78, 5) is 16.4. The van der Waals surface area contributed by atoms with Gasteiger partial charge in [-0.05, 0) is 55.7 Å². The fraction of sp³-hybridized carbons (Fsp3) is 0.333. The summed E-state index contributed by atoms with van der Waals surface area (Å²) in [6, 6.07) is 13.9. The summed E-state index contributed by atoms with van der Waals surface area (Å²) in [6.07, 6.45) is 2.30. The number of sulfonamides is 1. The van der Waals surface area contributed by atoms with Gasteiger partial charge in [-0.3, -0.25) is 14.5 Å². The Morgan fingerprint density at radius 3 is 2.76 bits per heavy atom. The molecule has 0 spiro atoms. The lowest BCUT2D eigenvalue weighted by Gasteiger charge is -2.10. The lowest BCUT2D eigenvalue weighted by atomic mass is 10.2. The van der Waals surface area contributed by atoms with E-state index in [0.29, 0.717) is 37.5 Å². The first-order valence-corrected chi connectivity index (χ1v) is 11.1. The molecule has 0 saturated heterocycles. The van der Waals surface area contributed by atoms with Crippen LogP contribution in [0.4, 0.5) is 5.69 Å². The molecule has 29 heavy (non-hydrogen) atoms. The van der Waals surface area contributed by atoms with Gasteiger partial charge in [-0.1, -0.05) is 18.2 Å². The van der Waals surface area contributed by atoms with Crippen LogP contribution in [0, 0.1) is 6.92 Å². The first-order valence-electron chi connectivity index (χ1n) is 9.58. The minimum absolute atomic E-state index is 0.0904. The molecule has 0 atom stereocenters. The van der Waals surface area contributed by atoms with Crippen LogP contribution in [-0.2, 0) is 14.8 Å². The van der Waals surface area contributed by atoms with Gasteiger partial charge in [0.25, 0.3) is 10.0 Å². The second-order valence-electron chi connectivity index (χ2n) is 6.88. The number of aryl methyl sites for hydroxylation is 1. The third kappa shape index (κ3) is 6.32. The number of carbonyl (C=O) groups is 1. The Balaban J connectivity index is 1.49. The normalized spacial score (nSPS) is 13.6. The van der Waals surface area contributed by atoms with Crippen molar-refractivity contribution in [1.82, 2.24) is 4.72 Å². The molecule has 8 heteroatoms. The summed E-state index contributed by atoms with van der Waals surface area (Å²) >= 11 is 0. The summed E-state index contributed by atoms with van der Waals surface area (Å²) in [5.74, 6) is 1.07. The van der Waals surface area contributed by atoms with Crippen molar-refractivity contribution in [3.05, 3.63) is 54.1 Å². The van der Waals surface area contributed by atoms with E-state index in [9.17, 15) is 13.2 Å². The van der Waals surface area contributed by atoms with Crippen molar-refractivity contribution in [2.45, 2.75) is 37.5 Å². The molecule has 0 saturated carbocycles. The van der Waals surface area contributed by atoms with E-state index in [-0.39, 0.29) is 17.2 Å². The zero-order valence-electron chi connectivity index (χ0n) is 16.3. The van der Waals surface area contributed by atoms with Crippen molar-refractivity contribution in [2.24, 2.45) is 4.99 Å². The molecule has 2 aromatic carbocycles. The Labute approximate surface area is 171 Å². The van der Waals surface area contributed by atoms with Crippen LogP contribution in [0.25, 0.3) is 0 Å². The molecule has 1 aliphatic rings. The number of ether oxygens (including phenoxy) is 1. The summed E-state index contributed by atoms with van der Waals surface area (Å²) in [5, 5.41) is 2.74. The van der Waals surface area contributed by atoms with Crippen LogP contribution in [0.3, 0.4) is 0 Å². The van der Waals surface area contributed by atoms with Gasteiger partial charge in [0, 0.05) is 25.1 Å². The van der Waals surface area contributed by atoms with E-state index in [1.54, 1.807) is 12.1 Å². The molecule has 0 aromatic heterocycles. The van der Waals surface area contributed by atoms with Crippen molar-refractivity contribution >= 4 is 27.5 Å². The van der Waals surface area contributed by atoms with Crippen molar-refractivity contribution in [3.63, 3.8) is 0 Å². The van der Waals surface area contributed by atoms with Crippen molar-refractivity contribution in [2.75, 3.05) is 18.5 Å². The Morgan fingerprint density at radius 2 is 2.00 bits per heavy atom. The number of anilines is 1. The molecule has 1 heterocycles. The first-order chi connectivity index (χ1) is 13.9. The number of hydrogen-bond acceptors (Lipinski definition) is 5. The second-order valence-corrected chi connectivity index (χ2v) is 8.56. The highest BCUT2D eigenvalue weighted by Crippen LogP contribution is 2.17. The molecule has 0 radical (unpaired) electrons. The SMILES string of the molecule is Cc1cccc(OCCCC(=O)Nc2cccc(S(=O)(=O)NC3=NCCC3)c2)c1. The maximum absolute atomic E-state index is 12.5. The Kier molecular flexibility index (Phi) is 6.87. The molecule has 154 valence electrons. The molecule has 0 bridgehead atoms. The van der Waals surface area contributed by atoms with E-state index in [2.05, 4.69) is 15.0 Å². The molecular weight excluding hydrogens is 390 g/mol. The van der Waals surface area contributed by atoms with E-state index in [1.165, 1.54) is 12.1 Å². The predicted molar refractivity (Wildman–Crippen MR) is 113 cm³/mol. The van der Waals surface area contributed by atoms with Crippen molar-refractivity contribution in [1.29, 1.82) is 0 Å². The van der Waals surface area contributed by atoms with Crippen molar-refractivity contribution < 1.29 is 17.9 Å². The van der Waals surface area contributed by atoms with E-state index in [1.807, 2.05) is 31.2 Å². The molecule has 2 aromatic rings. The summed E-state index contributed by atoms with van der Waals surface area (Å²) in [5.41, 5.74) is 1.55. The molecular formula is C21H25N3O4S. The van der Waals surface area contributed by atoms with Crippen LogP contribution in [-0.4, -0.2) is 33.3 Å². The van der Waals surface area contributed by atoms with Crippen LogP contribution in [0.2, 0.25) is 0 Å². The number of amidine groups is 1. The van der Waals surface area contributed by atoms with Crippen LogP contribution in [0.1, 0.15) is 31.2 Å². The minimum Gasteiger partial charge on any atom is -0.494 e. The monoisotopic (exact) mass is 415 g/mol. The van der Waals surface area contributed by atoms with Gasteiger partial charge < -0.3 is 10.1 Å². The fourth-order valence-electron chi connectivity index (χ4n) is 2.93. The maximum Gasteiger partial charge on any atom is 0.262 e. The third-order valence-electron chi connectivity index (χ3n) is 4.36. The fourth-order valence-corrected chi connectivity index (χ4v) is 4.06. The molecule has 3 rings (SSSR count). The standard InChI is InChI=1S/C21H25N3O4S/c1-16-6-2-8-18(14-16)28-13-5-11-21(25)23-17-7-3-9-19(15-17)29(26,27)24-20-10-4-12-22-20/h2-3,6-9,14-15H,4-5,10-13H2,1H3,(H,22,24)(H,23,25). The molecule has 0 fully saturated rings. The number of nitrogens with zero attached hydrogens (tertiary/aromatic N) is 1. The Hall–Kier alpha value is -2.87. The minimum atomic E-state index is -3.71. The number of hydrogen-bond donors (Lipinski definition) is 2. The van der Waals surface area contributed by atoms with Crippen LogP contribution in [0.5, 0.6) is 5.75 Å². The van der Waals surface area contributed by atoms with Crippen LogP contribution < -0.4 is 14.8 Å². The number of aliphatic imine (C=N–C) groups is 1. The van der Waals surface area contributed by atoms with Gasteiger partial charge in [-0.2, -0.15) is 0 Å². The number of amides is 1. The molecule has 0 unspecified atom stereocenters. The van der Waals surface area contributed by atoms with Gasteiger partial charge in [0.1, 0.15) is 11.6 Å². The molecule has 2 N–H and O–H groups in total. The van der Waals surface area contributed by atoms with Gasteiger partial charge in [-0.15, -0.1) is 0 Å². The van der Waals surface area contributed by atoms with Crippen molar-refractivity contribution in [3.8, 4) is 5.75 Å². The lowest BCUT2D eigenvalue weighted by Crippen LogP contribution is -2.29. The predicted octanol–water partition coefficient (Wildman–Crippen LogP) is 3.26. The highest BCUT2D eigenvalue weighted by molar-refractivity contribution is 7.90. The van der Waals surface area contributed by atoms with E-state index in [0.717, 1.165) is 17.7 Å². The number of nitrogens with one attached hydrogen (secondary N) is 2. The highest BCUT2D eigenvalue weighted by atomic mass is 32.2. The quantitative estimate of drug-likeness (QED) is 0.647. The third-order valence-corrected chi connectivity index (χ3v) is 5.74.